The van der Waals surface area contributed by atoms with Gasteiger partial charge in [-0.3, -0.25) is 0 Å². The lowest BCUT2D eigenvalue weighted by atomic mass is 10.4. The summed E-state index contributed by atoms with van der Waals surface area (Å²) in [5.74, 6) is 0. The molecule has 36 valence electrons. The van der Waals surface area contributed by atoms with Crippen LogP contribution >= 0.6 is 0 Å². The summed E-state index contributed by atoms with van der Waals surface area (Å²) in [4.78, 5) is 0. The average Bonchev–Trinajstić information content (AvgIpc) is 1.61. The van der Waals surface area contributed by atoms with Gasteiger partial charge >= 0.3 is 0 Å². The molecule has 0 amide bonds. The predicted molar refractivity (Wildman–Crippen MR) is 28.5 cm³/mol. The minimum Gasteiger partial charge on any atom is -0.327 e. The van der Waals surface area contributed by atoms with Gasteiger partial charge in [0.1, 0.15) is 0 Å². The van der Waals surface area contributed by atoms with E-state index in [1.54, 1.807) is 0 Å². The van der Waals surface area contributed by atoms with Crippen molar-refractivity contribution in [3.8, 4) is 0 Å². The minimum absolute atomic E-state index is 0.674. The Labute approximate surface area is 38.8 Å². The van der Waals surface area contributed by atoms with Crippen LogP contribution in [-0.4, -0.2) is 6.54 Å². The highest BCUT2D eigenvalue weighted by atomic mass is 14.5. The van der Waals surface area contributed by atoms with Crippen molar-refractivity contribution in [2.45, 2.75) is 13.3 Å². The Balaban J connectivity index is 2.73. The van der Waals surface area contributed by atoms with Gasteiger partial charge in [-0.1, -0.05) is 19.1 Å². The second-order valence-electron chi connectivity index (χ2n) is 1.12. The number of allylic oxidation sites excluding steroid dienone is 1. The Morgan fingerprint density at radius 3 is 2.33 bits per heavy atom. The third-order valence-corrected chi connectivity index (χ3v) is 0.538. The van der Waals surface area contributed by atoms with E-state index in [0.29, 0.717) is 6.54 Å². The monoisotopic (exact) mass is 85.1 g/mol. The van der Waals surface area contributed by atoms with E-state index in [2.05, 4.69) is 13.0 Å². The fourth-order valence-electron chi connectivity index (χ4n) is 0.263. The smallest absolute Gasteiger partial charge is 0.0106 e. The van der Waals surface area contributed by atoms with Gasteiger partial charge in [0.05, 0.1) is 0 Å². The normalized spacial score (nSPS) is 10.3. The van der Waals surface area contributed by atoms with Gasteiger partial charge in [-0.05, 0) is 6.42 Å². The van der Waals surface area contributed by atoms with E-state index in [1.807, 2.05) is 6.08 Å². The maximum atomic E-state index is 5.13. The molecule has 0 rings (SSSR count). The van der Waals surface area contributed by atoms with Crippen LogP contribution in [0, 0.1) is 0 Å². The first kappa shape index (κ1) is 5.70. The molecule has 0 spiro atoms. The summed E-state index contributed by atoms with van der Waals surface area (Å²) in [5, 5.41) is 0. The molecule has 0 saturated heterocycles. The van der Waals surface area contributed by atoms with E-state index in [9.17, 15) is 0 Å². The lowest BCUT2D eigenvalue weighted by molar-refractivity contribution is 1.17. The maximum Gasteiger partial charge on any atom is 0.0106 e. The van der Waals surface area contributed by atoms with E-state index in [-0.39, 0.29) is 0 Å². The molecule has 0 heterocycles. The first-order valence-corrected chi connectivity index (χ1v) is 2.27. The summed E-state index contributed by atoms with van der Waals surface area (Å²) < 4.78 is 0. The molecule has 0 aliphatic carbocycles. The molecule has 0 aliphatic rings. The standard InChI is InChI=1S/C5H11N/c1-2-3-4-5-6/h3-4H,2,5-6H2,1H3/b4-3-. The molecular formula is C5H11N. The first-order chi connectivity index (χ1) is 2.91. The lowest BCUT2D eigenvalue weighted by Gasteiger charge is -1.73. The van der Waals surface area contributed by atoms with E-state index in [4.69, 9.17) is 5.73 Å². The highest BCUT2D eigenvalue weighted by Crippen LogP contribution is 1.73. The van der Waals surface area contributed by atoms with Crippen LogP contribution in [-0.2, 0) is 0 Å². The third-order valence-electron chi connectivity index (χ3n) is 0.538. The quantitative estimate of drug-likeness (QED) is 0.495. The fourth-order valence-corrected chi connectivity index (χ4v) is 0.263. The molecular weight excluding hydrogens is 74.1 g/mol. The zero-order chi connectivity index (χ0) is 4.83. The molecule has 0 aromatic carbocycles. The molecule has 0 bridgehead atoms. The van der Waals surface area contributed by atoms with Crippen LogP contribution in [0.1, 0.15) is 13.3 Å². The van der Waals surface area contributed by atoms with Gasteiger partial charge in [0.25, 0.3) is 0 Å². The zero-order valence-corrected chi connectivity index (χ0v) is 4.15. The summed E-state index contributed by atoms with van der Waals surface area (Å²) in [6.45, 7) is 2.76. The van der Waals surface area contributed by atoms with Crippen molar-refractivity contribution in [2.75, 3.05) is 6.54 Å². The molecule has 0 fully saturated rings. The van der Waals surface area contributed by atoms with Gasteiger partial charge in [0.15, 0.2) is 0 Å². The maximum absolute atomic E-state index is 5.13. The summed E-state index contributed by atoms with van der Waals surface area (Å²) in [6, 6.07) is 0. The topological polar surface area (TPSA) is 26.0 Å². The van der Waals surface area contributed by atoms with E-state index >= 15 is 0 Å². The summed E-state index contributed by atoms with van der Waals surface area (Å²) in [5.41, 5.74) is 5.13. The first-order valence-electron chi connectivity index (χ1n) is 2.27. The Hall–Kier alpha value is -0.300. The molecule has 1 heteroatoms. The van der Waals surface area contributed by atoms with Crippen molar-refractivity contribution in [3.63, 3.8) is 0 Å². The highest BCUT2D eigenvalue weighted by molar-refractivity contribution is 4.80. The van der Waals surface area contributed by atoms with Crippen LogP contribution in [0.25, 0.3) is 0 Å². The summed E-state index contributed by atoms with van der Waals surface area (Å²) in [7, 11) is 0. The average molecular weight is 85.2 g/mol. The van der Waals surface area contributed by atoms with Crippen LogP contribution in [0.15, 0.2) is 12.2 Å². The van der Waals surface area contributed by atoms with Crippen LogP contribution in [0.2, 0.25) is 0 Å². The molecule has 2 N–H and O–H groups in total. The fraction of sp³-hybridized carbons (Fsp3) is 0.600. The number of nitrogens with two attached hydrogens (primary N) is 1. The molecule has 6 heavy (non-hydrogen) atoms. The predicted octanol–water partition coefficient (Wildman–Crippen LogP) is 0.911. The Bertz CT molecular complexity index is 33.2. The number of hydrogen-bond acceptors (Lipinski definition) is 1. The van der Waals surface area contributed by atoms with Crippen molar-refractivity contribution in [1.29, 1.82) is 0 Å². The Morgan fingerprint density at radius 2 is 2.17 bits per heavy atom. The van der Waals surface area contributed by atoms with Crippen molar-refractivity contribution in [2.24, 2.45) is 5.73 Å². The van der Waals surface area contributed by atoms with E-state index in [1.165, 1.54) is 0 Å². The molecule has 1 nitrogen and oxygen atoms in total. The summed E-state index contributed by atoms with van der Waals surface area (Å²) >= 11 is 0. The molecule has 0 saturated carbocycles. The molecule has 0 radical (unpaired) electrons. The van der Waals surface area contributed by atoms with Gasteiger partial charge in [0.2, 0.25) is 0 Å². The molecule has 0 unspecified atom stereocenters. The second-order valence-corrected chi connectivity index (χ2v) is 1.12. The third kappa shape index (κ3) is 3.70. The van der Waals surface area contributed by atoms with Crippen LogP contribution in [0.5, 0.6) is 0 Å². The van der Waals surface area contributed by atoms with Crippen molar-refractivity contribution < 1.29 is 0 Å². The Kier molecular flexibility index (Phi) is 4.46. The summed E-state index contributed by atoms with van der Waals surface area (Å²) in [6.07, 6.45) is 5.11. The number of hydrogen-bond donors (Lipinski definition) is 1. The number of rotatable bonds is 2. The largest absolute Gasteiger partial charge is 0.327 e. The Morgan fingerprint density at radius 1 is 1.50 bits per heavy atom. The van der Waals surface area contributed by atoms with Gasteiger partial charge in [-0.2, -0.15) is 0 Å². The van der Waals surface area contributed by atoms with Crippen molar-refractivity contribution in [3.05, 3.63) is 12.2 Å². The van der Waals surface area contributed by atoms with Gasteiger partial charge in [-0.25, -0.2) is 0 Å². The van der Waals surface area contributed by atoms with Crippen LogP contribution < -0.4 is 5.73 Å². The lowest BCUT2D eigenvalue weighted by Crippen LogP contribution is -1.91. The van der Waals surface area contributed by atoms with E-state index in [0.717, 1.165) is 6.42 Å². The van der Waals surface area contributed by atoms with Gasteiger partial charge in [0, 0.05) is 6.54 Å². The zero-order valence-electron chi connectivity index (χ0n) is 4.15. The molecule has 0 atom stereocenters. The molecule has 0 aromatic heterocycles. The SMILES string of the molecule is CC/C=C\CN. The van der Waals surface area contributed by atoms with Crippen molar-refractivity contribution >= 4 is 0 Å². The highest BCUT2D eigenvalue weighted by Gasteiger charge is 1.59. The van der Waals surface area contributed by atoms with Gasteiger partial charge < -0.3 is 5.73 Å². The molecule has 0 aliphatic heterocycles. The second kappa shape index (κ2) is 4.70. The van der Waals surface area contributed by atoms with E-state index < -0.39 is 0 Å². The minimum atomic E-state index is 0.674. The van der Waals surface area contributed by atoms with Crippen LogP contribution in [0.3, 0.4) is 0 Å². The molecule has 0 aromatic rings. The van der Waals surface area contributed by atoms with Gasteiger partial charge in [-0.15, -0.1) is 0 Å². The van der Waals surface area contributed by atoms with Crippen LogP contribution in [0.4, 0.5) is 0 Å². The van der Waals surface area contributed by atoms with Crippen molar-refractivity contribution in [1.82, 2.24) is 0 Å².